The average Bonchev–Trinajstić information content (AvgIpc) is 2.76. The molecule has 1 saturated carbocycles. The van der Waals surface area contributed by atoms with Crippen LogP contribution in [0.1, 0.15) is 43.8 Å². The lowest BCUT2D eigenvalue weighted by atomic mass is 9.89. The van der Waals surface area contributed by atoms with E-state index < -0.39 is 0 Å². The Balaban J connectivity index is 2.01. The summed E-state index contributed by atoms with van der Waals surface area (Å²) in [5, 5.41) is 0. The highest BCUT2D eigenvalue weighted by Crippen LogP contribution is 2.35. The maximum Gasteiger partial charge on any atom is 0.150 e. The number of hydrogen-bond acceptors (Lipinski definition) is 4. The molecule has 0 atom stereocenters. The van der Waals surface area contributed by atoms with Crippen molar-refractivity contribution in [3.63, 3.8) is 0 Å². The Kier molecular flexibility index (Phi) is 3.65. The van der Waals surface area contributed by atoms with Crippen LogP contribution in [0.2, 0.25) is 0 Å². The third kappa shape index (κ3) is 2.40. The second-order valence-corrected chi connectivity index (χ2v) is 6.22. The quantitative estimate of drug-likeness (QED) is 0.826. The van der Waals surface area contributed by atoms with Crippen LogP contribution >= 0.6 is 15.9 Å². The lowest BCUT2D eigenvalue weighted by Gasteiger charge is -2.20. The van der Waals surface area contributed by atoms with Gasteiger partial charge in [0.25, 0.3) is 0 Å². The zero-order valence-electron chi connectivity index (χ0n) is 11.2. The van der Waals surface area contributed by atoms with Gasteiger partial charge in [0.05, 0.1) is 0 Å². The van der Waals surface area contributed by atoms with Crippen LogP contribution in [0.25, 0.3) is 11.3 Å². The summed E-state index contributed by atoms with van der Waals surface area (Å²) in [6.45, 7) is 0. The fourth-order valence-corrected chi connectivity index (χ4v) is 3.23. The van der Waals surface area contributed by atoms with E-state index in [2.05, 4.69) is 20.9 Å². The number of nitrogens with zero attached hydrogens (tertiary/aromatic N) is 3. The molecule has 0 radical (unpaired) electrons. The predicted molar refractivity (Wildman–Crippen MR) is 83.5 cm³/mol. The predicted octanol–water partition coefficient (Wildman–Crippen LogP) is 3.05. The number of imidazole rings is 1. The topological polar surface area (TPSA) is 82.8 Å². The molecule has 0 spiro atoms. The molecule has 3 rings (SSSR count). The van der Waals surface area contributed by atoms with Crippen molar-refractivity contribution in [2.24, 2.45) is 0 Å². The monoisotopic (exact) mass is 335 g/mol. The Labute approximate surface area is 126 Å². The van der Waals surface area contributed by atoms with E-state index >= 15 is 0 Å². The first-order valence-corrected chi connectivity index (χ1v) is 7.70. The van der Waals surface area contributed by atoms with E-state index in [1.807, 2.05) is 6.07 Å². The van der Waals surface area contributed by atoms with Crippen molar-refractivity contribution in [2.45, 2.75) is 38.0 Å². The van der Waals surface area contributed by atoms with E-state index in [1.165, 1.54) is 19.3 Å². The summed E-state index contributed by atoms with van der Waals surface area (Å²) in [5.41, 5.74) is 7.74. The van der Waals surface area contributed by atoms with Gasteiger partial charge in [0, 0.05) is 28.3 Å². The Morgan fingerprint density at radius 3 is 2.65 bits per heavy atom. The number of aromatic nitrogens is 3. The van der Waals surface area contributed by atoms with Crippen LogP contribution in [0.4, 0.5) is 5.82 Å². The van der Waals surface area contributed by atoms with E-state index in [-0.39, 0.29) is 0 Å². The minimum absolute atomic E-state index is 0.421. The van der Waals surface area contributed by atoms with Crippen LogP contribution in [-0.2, 0) is 0 Å². The number of nitrogens with two attached hydrogens (primary N) is 2. The molecule has 1 aliphatic rings. The number of pyridine rings is 1. The van der Waals surface area contributed by atoms with Crippen molar-refractivity contribution in [2.75, 3.05) is 11.6 Å². The summed E-state index contributed by atoms with van der Waals surface area (Å²) in [6.07, 6.45) is 9.57. The van der Waals surface area contributed by atoms with Gasteiger partial charge in [0.15, 0.2) is 5.82 Å². The highest BCUT2D eigenvalue weighted by atomic mass is 79.9. The second kappa shape index (κ2) is 5.44. The first kappa shape index (κ1) is 13.4. The maximum absolute atomic E-state index is 6.12. The highest BCUT2D eigenvalue weighted by molar-refractivity contribution is 9.10. The molecule has 0 unspecified atom stereocenters. The molecule has 5 nitrogen and oxygen atoms in total. The SMILES string of the molecule is Nc1c(-c2cncc(Br)c2)nc(C2CCCCC2)n1N. The largest absolute Gasteiger partial charge is 0.382 e. The Morgan fingerprint density at radius 1 is 1.20 bits per heavy atom. The third-order valence-electron chi connectivity index (χ3n) is 3.92. The standard InChI is InChI=1S/C14H18BrN5/c15-11-6-10(7-18-8-11)12-13(16)20(17)14(19-12)9-4-2-1-3-5-9/h6-9H,1-5,16-17H2. The first-order chi connectivity index (χ1) is 9.66. The zero-order chi connectivity index (χ0) is 14.1. The molecule has 6 heteroatoms. The lowest BCUT2D eigenvalue weighted by Crippen LogP contribution is -2.19. The molecule has 2 heterocycles. The van der Waals surface area contributed by atoms with Crippen molar-refractivity contribution in [3.05, 3.63) is 28.8 Å². The van der Waals surface area contributed by atoms with Crippen LogP contribution in [-0.4, -0.2) is 14.6 Å². The smallest absolute Gasteiger partial charge is 0.150 e. The molecule has 0 aromatic carbocycles. The molecular weight excluding hydrogens is 318 g/mol. The highest BCUT2D eigenvalue weighted by Gasteiger charge is 2.24. The van der Waals surface area contributed by atoms with Crippen molar-refractivity contribution in [1.29, 1.82) is 0 Å². The minimum atomic E-state index is 0.421. The summed E-state index contributed by atoms with van der Waals surface area (Å²) in [7, 11) is 0. The van der Waals surface area contributed by atoms with Gasteiger partial charge in [-0.2, -0.15) is 0 Å². The third-order valence-corrected chi connectivity index (χ3v) is 4.36. The van der Waals surface area contributed by atoms with Gasteiger partial charge < -0.3 is 11.6 Å². The van der Waals surface area contributed by atoms with Gasteiger partial charge in [-0.3, -0.25) is 4.98 Å². The van der Waals surface area contributed by atoms with Gasteiger partial charge in [-0.1, -0.05) is 19.3 Å². The Morgan fingerprint density at radius 2 is 1.95 bits per heavy atom. The molecule has 0 aliphatic heterocycles. The lowest BCUT2D eigenvalue weighted by molar-refractivity contribution is 0.424. The van der Waals surface area contributed by atoms with E-state index in [1.54, 1.807) is 17.1 Å². The first-order valence-electron chi connectivity index (χ1n) is 6.91. The van der Waals surface area contributed by atoms with E-state index in [0.717, 1.165) is 34.4 Å². The summed E-state index contributed by atoms with van der Waals surface area (Å²) in [5.74, 6) is 7.93. The van der Waals surface area contributed by atoms with Crippen molar-refractivity contribution >= 4 is 21.7 Å². The van der Waals surface area contributed by atoms with Gasteiger partial charge in [-0.05, 0) is 34.8 Å². The van der Waals surface area contributed by atoms with E-state index in [0.29, 0.717) is 11.7 Å². The normalized spacial score (nSPS) is 16.4. The van der Waals surface area contributed by atoms with Gasteiger partial charge in [0.2, 0.25) is 0 Å². The minimum Gasteiger partial charge on any atom is -0.382 e. The van der Waals surface area contributed by atoms with Crippen LogP contribution in [0.15, 0.2) is 22.9 Å². The Bertz CT molecular complexity index is 616. The van der Waals surface area contributed by atoms with Crippen LogP contribution in [0.5, 0.6) is 0 Å². The fraction of sp³-hybridized carbons (Fsp3) is 0.429. The van der Waals surface area contributed by atoms with Gasteiger partial charge in [-0.25, -0.2) is 9.66 Å². The summed E-state index contributed by atoms with van der Waals surface area (Å²) < 4.78 is 2.45. The molecule has 2 aromatic heterocycles. The zero-order valence-corrected chi connectivity index (χ0v) is 12.8. The van der Waals surface area contributed by atoms with Crippen LogP contribution < -0.4 is 11.6 Å². The molecule has 1 fully saturated rings. The van der Waals surface area contributed by atoms with Crippen molar-refractivity contribution < 1.29 is 0 Å². The molecule has 0 amide bonds. The average molecular weight is 336 g/mol. The number of halogens is 1. The Hall–Kier alpha value is -1.56. The van der Waals surface area contributed by atoms with Gasteiger partial charge in [-0.15, -0.1) is 0 Å². The molecule has 1 aliphatic carbocycles. The van der Waals surface area contributed by atoms with Gasteiger partial charge >= 0.3 is 0 Å². The van der Waals surface area contributed by atoms with Crippen molar-refractivity contribution in [1.82, 2.24) is 14.6 Å². The maximum atomic E-state index is 6.12. The van der Waals surface area contributed by atoms with Crippen LogP contribution in [0, 0.1) is 0 Å². The summed E-state index contributed by atoms with van der Waals surface area (Å²) in [6, 6.07) is 1.95. The number of nitrogen functional groups attached to an aromatic ring is 2. The molecule has 2 aromatic rings. The molecule has 0 bridgehead atoms. The number of anilines is 1. The second-order valence-electron chi connectivity index (χ2n) is 5.30. The summed E-state index contributed by atoms with van der Waals surface area (Å²) >= 11 is 3.42. The molecule has 0 saturated heterocycles. The number of rotatable bonds is 2. The summed E-state index contributed by atoms with van der Waals surface area (Å²) in [4.78, 5) is 8.86. The van der Waals surface area contributed by atoms with Crippen molar-refractivity contribution in [3.8, 4) is 11.3 Å². The van der Waals surface area contributed by atoms with Crippen LogP contribution in [0.3, 0.4) is 0 Å². The molecular formula is C14H18BrN5. The molecule has 4 N–H and O–H groups in total. The van der Waals surface area contributed by atoms with E-state index in [9.17, 15) is 0 Å². The van der Waals surface area contributed by atoms with E-state index in [4.69, 9.17) is 16.6 Å². The molecule has 20 heavy (non-hydrogen) atoms. The molecule has 106 valence electrons. The number of hydrogen-bond donors (Lipinski definition) is 2. The fourth-order valence-electron chi connectivity index (χ4n) is 2.87. The van der Waals surface area contributed by atoms with Gasteiger partial charge in [0.1, 0.15) is 11.5 Å².